The van der Waals surface area contributed by atoms with Gasteiger partial charge >= 0.3 is 5.97 Å². The minimum atomic E-state index is -0.555. The molecule has 0 aliphatic carbocycles. The molecule has 7 nitrogen and oxygen atoms in total. The zero-order chi connectivity index (χ0) is 22.4. The Labute approximate surface area is 181 Å². The van der Waals surface area contributed by atoms with Crippen molar-refractivity contribution in [2.75, 3.05) is 6.61 Å². The van der Waals surface area contributed by atoms with Crippen molar-refractivity contribution in [2.45, 2.75) is 39.8 Å². The number of ether oxygens (including phenoxy) is 1. The summed E-state index contributed by atoms with van der Waals surface area (Å²) in [6.07, 6.45) is 1.55. The Morgan fingerprint density at radius 1 is 1.10 bits per heavy atom. The van der Waals surface area contributed by atoms with E-state index < -0.39 is 12.0 Å². The molecule has 0 saturated heterocycles. The minimum absolute atomic E-state index is 0.0611. The molecule has 2 heterocycles. The first kappa shape index (κ1) is 22.1. The van der Waals surface area contributed by atoms with Crippen LogP contribution in [-0.2, 0) is 20.9 Å². The van der Waals surface area contributed by atoms with Crippen LogP contribution in [0, 0.1) is 13.8 Å². The van der Waals surface area contributed by atoms with Crippen LogP contribution in [0.5, 0.6) is 0 Å². The molecule has 0 aliphatic rings. The van der Waals surface area contributed by atoms with Crippen LogP contribution < -0.4 is 5.32 Å². The molecule has 162 valence electrons. The third-order valence-electron chi connectivity index (χ3n) is 5.08. The van der Waals surface area contributed by atoms with Gasteiger partial charge in [-0.25, -0.2) is 0 Å². The fraction of sp³-hybridized carbons (Fsp3) is 0.292. The highest BCUT2D eigenvalue weighted by molar-refractivity contribution is 5.99. The predicted molar refractivity (Wildman–Crippen MR) is 115 cm³/mol. The molecule has 0 spiro atoms. The van der Waals surface area contributed by atoms with E-state index in [-0.39, 0.29) is 24.7 Å². The van der Waals surface area contributed by atoms with Gasteiger partial charge in [-0.1, -0.05) is 30.3 Å². The predicted octanol–water partition coefficient (Wildman–Crippen LogP) is 3.74. The van der Waals surface area contributed by atoms with Crippen LogP contribution in [0.25, 0.3) is 0 Å². The second-order valence-electron chi connectivity index (χ2n) is 7.40. The lowest BCUT2D eigenvalue weighted by Gasteiger charge is -2.17. The first-order valence-corrected chi connectivity index (χ1v) is 10.0. The van der Waals surface area contributed by atoms with E-state index in [9.17, 15) is 14.4 Å². The number of aryl methyl sites for hydroxylation is 1. The first-order chi connectivity index (χ1) is 14.8. The number of ketones is 1. The molecule has 0 bridgehead atoms. The molecule has 0 fully saturated rings. The largest absolute Gasteiger partial charge is 0.467 e. The molecule has 31 heavy (non-hydrogen) atoms. The van der Waals surface area contributed by atoms with E-state index in [2.05, 4.69) is 5.32 Å². The van der Waals surface area contributed by atoms with Gasteiger partial charge in [0.1, 0.15) is 5.76 Å². The quantitative estimate of drug-likeness (QED) is 0.419. The number of nitrogens with zero attached hydrogens (tertiary/aromatic N) is 1. The smallest absolute Gasteiger partial charge is 0.308 e. The van der Waals surface area contributed by atoms with Gasteiger partial charge in [-0.15, -0.1) is 0 Å². The standard InChI is InChI=1S/C24H26N2O5/c1-16-12-21(17(2)26(16)14-20-10-7-11-30-20)23(28)15-31-24(29)13-22(25-18(3)27)19-8-5-4-6-9-19/h4-12,22H,13-15H2,1-3H3,(H,25,27)/t22-/m0/s1. The Kier molecular flexibility index (Phi) is 7.07. The SMILES string of the molecule is CC(=O)N[C@@H](CC(=O)OCC(=O)c1cc(C)n(Cc2ccco2)c1C)c1ccccc1. The normalized spacial score (nSPS) is 11.7. The third-order valence-corrected chi connectivity index (χ3v) is 5.08. The molecule has 1 N–H and O–H groups in total. The summed E-state index contributed by atoms with van der Waals surface area (Å²) in [5.74, 6) is -0.290. The summed E-state index contributed by atoms with van der Waals surface area (Å²) in [4.78, 5) is 36.6. The van der Waals surface area contributed by atoms with E-state index in [0.717, 1.165) is 22.7 Å². The Bertz CT molecular complexity index is 1050. The summed E-state index contributed by atoms with van der Waals surface area (Å²) in [6.45, 7) is 5.33. The second-order valence-corrected chi connectivity index (χ2v) is 7.40. The van der Waals surface area contributed by atoms with Gasteiger partial charge in [0.15, 0.2) is 6.61 Å². The van der Waals surface area contributed by atoms with Gasteiger partial charge in [-0.05, 0) is 37.6 Å². The summed E-state index contributed by atoms with van der Waals surface area (Å²) < 4.78 is 12.6. The van der Waals surface area contributed by atoms with E-state index in [4.69, 9.17) is 9.15 Å². The average molecular weight is 422 g/mol. The maximum absolute atomic E-state index is 12.7. The lowest BCUT2D eigenvalue weighted by atomic mass is 10.0. The summed E-state index contributed by atoms with van der Waals surface area (Å²) in [5, 5.41) is 2.75. The minimum Gasteiger partial charge on any atom is -0.467 e. The number of Topliss-reactive ketones (excluding diaryl/α,β-unsaturated/α-hetero) is 1. The molecule has 1 atom stereocenters. The van der Waals surface area contributed by atoms with Gasteiger partial charge in [0, 0.05) is 23.9 Å². The van der Waals surface area contributed by atoms with E-state index in [1.807, 2.05) is 60.9 Å². The number of hydrogen-bond acceptors (Lipinski definition) is 5. The number of nitrogens with one attached hydrogen (secondary N) is 1. The monoisotopic (exact) mass is 422 g/mol. The van der Waals surface area contributed by atoms with Gasteiger partial charge in [0.25, 0.3) is 0 Å². The zero-order valence-corrected chi connectivity index (χ0v) is 17.9. The van der Waals surface area contributed by atoms with Crippen molar-refractivity contribution in [2.24, 2.45) is 0 Å². The van der Waals surface area contributed by atoms with Crippen molar-refractivity contribution in [3.05, 3.63) is 83.1 Å². The van der Waals surface area contributed by atoms with Gasteiger partial charge in [0.05, 0.1) is 25.3 Å². The van der Waals surface area contributed by atoms with E-state index >= 15 is 0 Å². The van der Waals surface area contributed by atoms with Crippen LogP contribution in [0.2, 0.25) is 0 Å². The lowest BCUT2D eigenvalue weighted by molar-refractivity contribution is -0.143. The maximum Gasteiger partial charge on any atom is 0.308 e. The Morgan fingerprint density at radius 3 is 2.48 bits per heavy atom. The second kappa shape index (κ2) is 9.93. The molecule has 1 amide bonds. The van der Waals surface area contributed by atoms with E-state index in [1.165, 1.54) is 6.92 Å². The van der Waals surface area contributed by atoms with Crippen molar-refractivity contribution in [3.63, 3.8) is 0 Å². The van der Waals surface area contributed by atoms with E-state index in [1.54, 1.807) is 12.3 Å². The molecule has 0 unspecified atom stereocenters. The highest BCUT2D eigenvalue weighted by Gasteiger charge is 2.21. The Morgan fingerprint density at radius 2 is 1.84 bits per heavy atom. The molecule has 3 rings (SSSR count). The molecular formula is C24H26N2O5. The van der Waals surface area contributed by atoms with Crippen molar-refractivity contribution in [1.29, 1.82) is 0 Å². The zero-order valence-electron chi connectivity index (χ0n) is 17.9. The highest BCUT2D eigenvalue weighted by Crippen LogP contribution is 2.20. The Hall–Kier alpha value is -3.61. The topological polar surface area (TPSA) is 90.5 Å². The highest BCUT2D eigenvalue weighted by atomic mass is 16.5. The number of esters is 1. The number of amides is 1. The van der Waals surface area contributed by atoms with Gasteiger partial charge in [-0.3, -0.25) is 14.4 Å². The van der Waals surface area contributed by atoms with Gasteiger partial charge in [-0.2, -0.15) is 0 Å². The number of hydrogen-bond donors (Lipinski definition) is 1. The van der Waals surface area contributed by atoms with Crippen LogP contribution in [0.1, 0.15) is 52.5 Å². The molecule has 0 aliphatic heterocycles. The molecular weight excluding hydrogens is 396 g/mol. The summed E-state index contributed by atoms with van der Waals surface area (Å²) >= 11 is 0. The number of rotatable bonds is 9. The molecule has 3 aromatic rings. The number of aromatic nitrogens is 1. The fourth-order valence-corrected chi connectivity index (χ4v) is 3.52. The van der Waals surface area contributed by atoms with Gasteiger partial charge in [0.2, 0.25) is 11.7 Å². The molecule has 0 saturated carbocycles. The van der Waals surface area contributed by atoms with E-state index in [0.29, 0.717) is 12.1 Å². The number of carbonyl (C=O) groups is 3. The van der Waals surface area contributed by atoms with Crippen LogP contribution in [0.4, 0.5) is 0 Å². The van der Waals surface area contributed by atoms with Crippen molar-refractivity contribution >= 4 is 17.7 Å². The lowest BCUT2D eigenvalue weighted by Crippen LogP contribution is -2.29. The Balaban J connectivity index is 1.62. The number of carbonyl (C=O) groups excluding carboxylic acids is 3. The van der Waals surface area contributed by atoms with Crippen molar-refractivity contribution in [1.82, 2.24) is 9.88 Å². The van der Waals surface area contributed by atoms with Crippen LogP contribution in [0.3, 0.4) is 0 Å². The van der Waals surface area contributed by atoms with Crippen LogP contribution in [0.15, 0.2) is 59.2 Å². The first-order valence-electron chi connectivity index (χ1n) is 10.0. The summed E-state index contributed by atoms with van der Waals surface area (Å²) in [5.41, 5.74) is 3.01. The average Bonchev–Trinajstić information content (AvgIpc) is 3.36. The maximum atomic E-state index is 12.7. The third kappa shape index (κ3) is 5.72. The van der Waals surface area contributed by atoms with Crippen LogP contribution in [-0.4, -0.2) is 28.8 Å². The molecule has 0 radical (unpaired) electrons. The molecule has 2 aromatic heterocycles. The summed E-state index contributed by atoms with van der Waals surface area (Å²) in [7, 11) is 0. The molecule has 7 heteroatoms. The van der Waals surface area contributed by atoms with Gasteiger partial charge < -0.3 is 19.0 Å². The number of benzene rings is 1. The fourth-order valence-electron chi connectivity index (χ4n) is 3.52. The summed E-state index contributed by atoms with van der Waals surface area (Å²) in [6, 6.07) is 14.1. The van der Waals surface area contributed by atoms with Crippen molar-refractivity contribution < 1.29 is 23.5 Å². The molecule has 1 aromatic carbocycles. The van der Waals surface area contributed by atoms with Crippen molar-refractivity contribution in [3.8, 4) is 0 Å². The number of furan rings is 1. The van der Waals surface area contributed by atoms with Crippen LogP contribution >= 0.6 is 0 Å².